The van der Waals surface area contributed by atoms with Gasteiger partial charge in [-0.15, -0.1) is 45.3 Å². The Labute approximate surface area is 821 Å². The van der Waals surface area contributed by atoms with E-state index in [9.17, 15) is 36.7 Å². The number of carboxylic acids is 4. The number of alkyl halides is 4. The van der Waals surface area contributed by atoms with Crippen LogP contribution < -0.4 is 0 Å². The lowest BCUT2D eigenvalue weighted by molar-refractivity contribution is -0.132. The van der Waals surface area contributed by atoms with Crippen LogP contribution >= 0.6 is 45.3 Å². The molecule has 16 nitrogen and oxygen atoms in total. The third-order valence-electron chi connectivity index (χ3n) is 24.4. The summed E-state index contributed by atoms with van der Waals surface area (Å²) >= 11 is 6.29. The van der Waals surface area contributed by atoms with Crippen molar-refractivity contribution in [2.45, 2.75) is 207 Å². The lowest BCUT2D eigenvalue weighted by Gasteiger charge is -2.44. The average Bonchev–Trinajstić information content (AvgIpc) is 0.909. The molecule has 8 aromatic carbocycles. The molecule has 4 aliphatic heterocycles. The molecule has 4 aromatic heterocycles. The van der Waals surface area contributed by atoms with Crippen molar-refractivity contribution in [3.05, 3.63) is 326 Å². The van der Waals surface area contributed by atoms with Gasteiger partial charge in [0.15, 0.2) is 0 Å². The van der Waals surface area contributed by atoms with Gasteiger partial charge in [-0.3, -0.25) is 19.6 Å². The first-order chi connectivity index (χ1) is 65.7. The van der Waals surface area contributed by atoms with Gasteiger partial charge < -0.3 is 20.4 Å². The average molecular weight is 2000 g/mol. The molecule has 4 aliphatic rings. The number of rotatable bonds is 24. The van der Waals surface area contributed by atoms with Crippen LogP contribution in [0.5, 0.6) is 0 Å². The zero-order valence-corrected chi connectivity index (χ0v) is 83.2. The van der Waals surface area contributed by atoms with Crippen molar-refractivity contribution in [3.63, 3.8) is 0 Å². The van der Waals surface area contributed by atoms with E-state index in [0.717, 1.165) is 203 Å². The molecule has 4 N–H and O–H groups in total. The summed E-state index contributed by atoms with van der Waals surface area (Å²) in [5.74, 6) is -11.3. The Bertz CT molecular complexity index is 5890. The molecule has 0 aliphatic carbocycles. The van der Waals surface area contributed by atoms with Gasteiger partial charge >= 0.3 is 23.9 Å². The Morgan fingerprint density at radius 2 is 0.486 bits per heavy atom. The molecule has 16 rings (SSSR count). The van der Waals surface area contributed by atoms with Crippen molar-refractivity contribution in [1.82, 2.24) is 39.5 Å². The van der Waals surface area contributed by atoms with Crippen LogP contribution in [0.25, 0.3) is 66.1 Å². The molecule has 8 heterocycles. The highest BCUT2D eigenvalue weighted by molar-refractivity contribution is 7.16. The molecule has 32 heteroatoms. The second-order valence-corrected chi connectivity index (χ2v) is 43.2. The predicted octanol–water partition coefficient (Wildman–Crippen LogP) is 26.3. The van der Waals surface area contributed by atoms with E-state index < -0.39 is 117 Å². The highest BCUT2D eigenvalue weighted by Crippen LogP contribution is 2.50. The van der Waals surface area contributed by atoms with E-state index in [1.54, 1.807) is 45.3 Å². The number of aryl methyl sites for hydroxylation is 4. The van der Waals surface area contributed by atoms with E-state index in [-0.39, 0.29) is 94.9 Å². The molecule has 0 amide bonds. The molecule has 0 saturated heterocycles. The van der Waals surface area contributed by atoms with Gasteiger partial charge in [0, 0.05) is 122 Å². The zero-order chi connectivity index (χ0) is 102. The van der Waals surface area contributed by atoms with Crippen molar-refractivity contribution in [3.8, 4) is 41.8 Å². The van der Waals surface area contributed by atoms with Crippen LogP contribution in [0.3, 0.4) is 0 Å². The number of carboxylic acid groups (broad SMARTS) is 4. The van der Waals surface area contributed by atoms with Gasteiger partial charge in [0.05, 0.1) is 63.7 Å². The molecule has 2 unspecified atom stereocenters. The van der Waals surface area contributed by atoms with Crippen molar-refractivity contribution in [2.24, 2.45) is 0 Å². The van der Waals surface area contributed by atoms with Gasteiger partial charge in [0.2, 0.25) is 0 Å². The topological polar surface area (TPSA) is 214 Å². The first-order valence-electron chi connectivity index (χ1n) is 45.3. The maximum absolute atomic E-state index is 15.4. The van der Waals surface area contributed by atoms with Crippen LogP contribution in [0.1, 0.15) is 216 Å². The third kappa shape index (κ3) is 25.9. The summed E-state index contributed by atoms with van der Waals surface area (Å²) in [4.78, 5) is 71.8. The molecule has 0 saturated carbocycles. The Kier molecular flexibility index (Phi) is 32.6. The number of benzene rings is 8. The Morgan fingerprint density at radius 3 is 0.629 bits per heavy atom. The number of aromatic nitrogens is 4. The van der Waals surface area contributed by atoms with E-state index in [4.69, 9.17) is 20.4 Å². The second kappa shape index (κ2) is 43.3. The minimum absolute atomic E-state index is 0.00634. The van der Waals surface area contributed by atoms with Crippen LogP contribution in [0.4, 0.5) is 52.7 Å². The number of fused-ring (bicyclic) bond motifs is 4. The second-order valence-electron chi connectivity index (χ2n) is 38.3. The van der Waals surface area contributed by atoms with Gasteiger partial charge in [0.1, 0.15) is 69.2 Å². The monoisotopic (exact) mass is 2000 g/mol. The quantitative estimate of drug-likeness (QED) is 0.0327. The molecular weight excluding hydrogens is 1890 g/mol. The lowest BCUT2D eigenvalue weighted by atomic mass is 9.83. The standard InChI is InChI=1S/4C27H27F3N2O2S/c4*1-15-9-19-12-18(23-13-31-16(2)35-23)6-7-20(19)26(32(15)14-27(3,4)30)25-21(28)10-17(11-22(25)29)5-8-24(33)34/h4*5-8,10-13,15,26H,9,14H2,1-4H3,(H,33,34)/b4*8-5+/t3*15-,26+;/m110./s1. The molecule has 0 bridgehead atoms. The fourth-order valence-electron chi connectivity index (χ4n) is 18.8. The Balaban J connectivity index is 0.000000157. The molecule has 140 heavy (non-hydrogen) atoms. The van der Waals surface area contributed by atoms with E-state index in [1.165, 1.54) is 55.4 Å². The van der Waals surface area contributed by atoms with Crippen molar-refractivity contribution < 1.29 is 92.3 Å². The number of thiazole rings is 4. The highest BCUT2D eigenvalue weighted by Gasteiger charge is 2.45. The van der Waals surface area contributed by atoms with Crippen molar-refractivity contribution in [1.29, 1.82) is 0 Å². The number of hydrogen-bond acceptors (Lipinski definition) is 16. The Hall–Kier alpha value is -11.9. The summed E-state index contributed by atoms with van der Waals surface area (Å²) in [6, 6.07) is 28.1. The smallest absolute Gasteiger partial charge is 0.328 e. The number of aliphatic carboxylic acids is 4. The fourth-order valence-corrected chi connectivity index (χ4v) is 21.9. The summed E-state index contributed by atoms with van der Waals surface area (Å²) in [6.45, 7) is 27.1. The van der Waals surface area contributed by atoms with Crippen LogP contribution in [-0.2, 0) is 44.9 Å². The van der Waals surface area contributed by atoms with Crippen molar-refractivity contribution >= 4 is 93.5 Å². The minimum Gasteiger partial charge on any atom is -0.478 e. The largest absolute Gasteiger partial charge is 0.478 e. The zero-order valence-electron chi connectivity index (χ0n) is 79.9. The maximum Gasteiger partial charge on any atom is 0.328 e. The number of halogens is 12. The predicted molar refractivity (Wildman–Crippen MR) is 529 cm³/mol. The van der Waals surface area contributed by atoms with Crippen LogP contribution in [-0.4, -0.2) is 157 Å². The van der Waals surface area contributed by atoms with Crippen LogP contribution in [0, 0.1) is 74.2 Å². The molecule has 8 atom stereocenters. The molecule has 736 valence electrons. The summed E-state index contributed by atoms with van der Waals surface area (Å²) in [7, 11) is 0. The third-order valence-corrected chi connectivity index (χ3v) is 28.3. The highest BCUT2D eigenvalue weighted by atomic mass is 32.1. The molecular formula is C108H108F12N8O8S4. The van der Waals surface area contributed by atoms with Crippen LogP contribution in [0.2, 0.25) is 0 Å². The first kappa shape index (κ1) is 105. The number of carbonyl (C=O) groups is 4. The number of nitrogens with zero attached hydrogens (tertiary/aromatic N) is 8. The molecule has 0 radical (unpaired) electrons. The van der Waals surface area contributed by atoms with E-state index >= 15 is 35.1 Å². The van der Waals surface area contributed by atoms with E-state index in [0.29, 0.717) is 25.7 Å². The lowest BCUT2D eigenvalue weighted by Crippen LogP contribution is -2.48. The summed E-state index contributed by atoms with van der Waals surface area (Å²) in [5, 5.41) is 39.1. The molecule has 12 aromatic rings. The van der Waals surface area contributed by atoms with Gasteiger partial charge in [-0.25, -0.2) is 91.8 Å². The van der Waals surface area contributed by atoms with Crippen LogP contribution in [0.15, 0.2) is 170 Å². The first-order valence-corrected chi connectivity index (χ1v) is 48.6. The SMILES string of the molecule is Cc1ncc(-c2ccc3c(c2)CC(C)N(CC(C)(C)F)C3c2c(F)cc(/C=C/C(=O)O)cc2F)s1.Cc1ncc(-c2ccc3c(c2)C[C@@H](C)N(CC(C)(C)F)[C@@H]3c2c(F)cc(/C=C/C(=O)O)cc2F)s1.Cc1ncc(-c2ccc3c(c2)C[C@@H](C)N(CC(C)(C)F)[C@@H]3c2c(F)cc(/C=C/C(=O)O)cc2F)s1.Cc1ncc(-c2ccc3c(c2)C[C@H](C)N(CC(C)(C)F)[C@H]3c2c(F)cc(/C=C/C(=O)O)cc2F)s1. The maximum atomic E-state index is 15.4. The van der Waals surface area contributed by atoms with E-state index in [2.05, 4.69) is 19.9 Å². The normalized spacial score (nSPS) is 18.7. The number of hydrogen-bond donors (Lipinski definition) is 4. The summed E-state index contributed by atoms with van der Waals surface area (Å²) in [6.07, 6.45) is 17.5. The van der Waals surface area contributed by atoms with Gasteiger partial charge in [-0.05, 0) is 323 Å². The summed E-state index contributed by atoms with van der Waals surface area (Å²) < 4.78 is 183. The molecule has 0 fully saturated rings. The van der Waals surface area contributed by atoms with Gasteiger partial charge in [0.25, 0.3) is 0 Å². The Morgan fingerprint density at radius 1 is 0.314 bits per heavy atom. The fraction of sp³-hybridized carbons (Fsp3) is 0.333. The van der Waals surface area contributed by atoms with Gasteiger partial charge in [-0.2, -0.15) is 0 Å². The molecule has 0 spiro atoms. The van der Waals surface area contributed by atoms with E-state index in [1.807, 2.05) is 173 Å². The minimum atomic E-state index is -1.58. The van der Waals surface area contributed by atoms with Crippen molar-refractivity contribution in [2.75, 3.05) is 26.2 Å². The summed E-state index contributed by atoms with van der Waals surface area (Å²) in [5.41, 5.74) is 4.03. The van der Waals surface area contributed by atoms with Gasteiger partial charge in [-0.1, -0.05) is 48.5 Å².